The van der Waals surface area contributed by atoms with E-state index in [4.69, 9.17) is 10.8 Å². The van der Waals surface area contributed by atoms with Crippen molar-refractivity contribution in [3.8, 4) is 12.3 Å². The first-order valence-corrected chi connectivity index (χ1v) is 8.57. The maximum Gasteiger partial charge on any atom is 0.283 e. The molecule has 24 heavy (non-hydrogen) atoms. The summed E-state index contributed by atoms with van der Waals surface area (Å²) in [6, 6.07) is 7.97. The van der Waals surface area contributed by atoms with Crippen molar-refractivity contribution in [2.24, 2.45) is 4.99 Å². The summed E-state index contributed by atoms with van der Waals surface area (Å²) in [5.74, 6) is 3.61. The zero-order valence-corrected chi connectivity index (χ0v) is 14.7. The van der Waals surface area contributed by atoms with Crippen molar-refractivity contribution in [2.75, 3.05) is 0 Å². The van der Waals surface area contributed by atoms with Crippen molar-refractivity contribution >= 4 is 27.5 Å². The van der Waals surface area contributed by atoms with Crippen LogP contribution in [0.4, 0.5) is 0 Å². The molecule has 2 aromatic heterocycles. The number of terminal acetylenes is 1. The maximum atomic E-state index is 12.5. The van der Waals surface area contributed by atoms with Gasteiger partial charge in [-0.3, -0.25) is 4.79 Å². The Bertz CT molecular complexity index is 1030. The molecule has 0 N–H and O–H groups in total. The number of aromatic nitrogens is 1. The van der Waals surface area contributed by atoms with E-state index in [2.05, 4.69) is 30.0 Å². The van der Waals surface area contributed by atoms with Gasteiger partial charge in [0, 0.05) is 0 Å². The second kappa shape index (κ2) is 6.50. The molecule has 5 heteroatoms. The van der Waals surface area contributed by atoms with Crippen LogP contribution in [-0.2, 0) is 13.0 Å². The van der Waals surface area contributed by atoms with Gasteiger partial charge in [-0.05, 0) is 44.0 Å². The average molecular weight is 338 g/mol. The Labute approximate surface area is 144 Å². The number of amides is 1. The number of furan rings is 1. The quantitative estimate of drug-likeness (QED) is 0.681. The minimum atomic E-state index is -0.308. The summed E-state index contributed by atoms with van der Waals surface area (Å²) in [6.45, 7) is 6.07. The van der Waals surface area contributed by atoms with Crippen molar-refractivity contribution in [3.05, 3.63) is 51.7 Å². The van der Waals surface area contributed by atoms with E-state index in [-0.39, 0.29) is 5.91 Å². The van der Waals surface area contributed by atoms with Crippen LogP contribution in [0.1, 0.15) is 34.4 Å². The highest BCUT2D eigenvalue weighted by molar-refractivity contribution is 7.16. The van der Waals surface area contributed by atoms with Crippen molar-refractivity contribution in [2.45, 2.75) is 33.7 Å². The molecule has 0 bridgehead atoms. The maximum absolute atomic E-state index is 12.5. The zero-order chi connectivity index (χ0) is 17.3. The molecule has 4 nitrogen and oxygen atoms in total. The van der Waals surface area contributed by atoms with E-state index >= 15 is 0 Å². The molecule has 0 fully saturated rings. The molecular formula is C19H18N2O2S. The summed E-state index contributed by atoms with van der Waals surface area (Å²) < 4.78 is 8.41. The lowest BCUT2D eigenvalue weighted by Crippen LogP contribution is -2.16. The van der Waals surface area contributed by atoms with E-state index < -0.39 is 0 Å². The van der Waals surface area contributed by atoms with Crippen molar-refractivity contribution in [3.63, 3.8) is 0 Å². The lowest BCUT2D eigenvalue weighted by atomic mass is 10.2. The van der Waals surface area contributed by atoms with Crippen molar-refractivity contribution in [1.29, 1.82) is 0 Å². The highest BCUT2D eigenvalue weighted by atomic mass is 32.1. The number of thiazole rings is 1. The third-order valence-electron chi connectivity index (χ3n) is 3.87. The smallest absolute Gasteiger partial charge is 0.283 e. The summed E-state index contributed by atoms with van der Waals surface area (Å²) in [4.78, 5) is 17.4. The largest absolute Gasteiger partial charge is 0.466 e. The first kappa shape index (κ1) is 16.3. The average Bonchev–Trinajstić information content (AvgIpc) is 3.07. The molecule has 0 spiro atoms. The summed E-state index contributed by atoms with van der Waals surface area (Å²) in [6.07, 6.45) is 6.46. The fourth-order valence-corrected chi connectivity index (χ4v) is 3.75. The van der Waals surface area contributed by atoms with Gasteiger partial charge in [0.15, 0.2) is 4.80 Å². The summed E-state index contributed by atoms with van der Waals surface area (Å²) >= 11 is 1.48. The number of hydrogen-bond donors (Lipinski definition) is 0. The van der Waals surface area contributed by atoms with E-state index in [1.54, 1.807) is 13.0 Å². The lowest BCUT2D eigenvalue weighted by molar-refractivity contribution is 0.0996. The molecule has 3 rings (SSSR count). The van der Waals surface area contributed by atoms with Gasteiger partial charge >= 0.3 is 0 Å². The Kier molecular flexibility index (Phi) is 4.41. The molecule has 3 aromatic rings. The minimum absolute atomic E-state index is 0.308. The van der Waals surface area contributed by atoms with Crippen LogP contribution in [0.25, 0.3) is 10.2 Å². The number of fused-ring (bicyclic) bond motifs is 1. The molecule has 2 heterocycles. The lowest BCUT2D eigenvalue weighted by Gasteiger charge is -2.01. The summed E-state index contributed by atoms with van der Waals surface area (Å²) in [5.41, 5.74) is 2.74. The fraction of sp³-hybridized carbons (Fsp3) is 0.263. The molecular weight excluding hydrogens is 320 g/mol. The van der Waals surface area contributed by atoms with Gasteiger partial charge in [0.25, 0.3) is 5.91 Å². The highest BCUT2D eigenvalue weighted by Gasteiger charge is 2.14. The molecule has 0 saturated heterocycles. The topological polar surface area (TPSA) is 47.5 Å². The van der Waals surface area contributed by atoms with E-state index in [0.29, 0.717) is 28.4 Å². The Balaban J connectivity index is 2.17. The second-order valence-corrected chi connectivity index (χ2v) is 6.58. The number of nitrogens with zero attached hydrogens (tertiary/aromatic N) is 2. The van der Waals surface area contributed by atoms with Gasteiger partial charge in [-0.15, -0.1) is 6.42 Å². The van der Waals surface area contributed by atoms with Gasteiger partial charge in [0.2, 0.25) is 0 Å². The molecule has 1 aromatic carbocycles. The fourth-order valence-electron chi connectivity index (χ4n) is 2.66. The molecule has 0 aliphatic rings. The number of carbonyl (C=O) groups is 1. The van der Waals surface area contributed by atoms with Crippen LogP contribution in [0.2, 0.25) is 0 Å². The van der Waals surface area contributed by atoms with E-state index in [1.165, 1.54) is 16.9 Å². The molecule has 0 aliphatic carbocycles. The molecule has 0 unspecified atom stereocenters. The van der Waals surface area contributed by atoms with Crippen LogP contribution >= 0.6 is 11.3 Å². The third kappa shape index (κ3) is 2.93. The highest BCUT2D eigenvalue weighted by Crippen LogP contribution is 2.20. The molecule has 122 valence electrons. The summed E-state index contributed by atoms with van der Waals surface area (Å²) in [5, 5.41) is 0. The Hall–Kier alpha value is -2.58. The van der Waals surface area contributed by atoms with Crippen molar-refractivity contribution < 1.29 is 9.21 Å². The predicted molar refractivity (Wildman–Crippen MR) is 96.1 cm³/mol. The Morgan fingerprint density at radius 1 is 1.38 bits per heavy atom. The number of benzene rings is 1. The first-order chi connectivity index (χ1) is 11.5. The standard InChI is InChI=1S/C19H18N2O2S/c1-5-9-21-16-8-7-14(6-2)11-17(16)24-19(21)20-18(22)15-10-12(3)23-13(15)4/h1,7-8,10-11H,6,9H2,2-4H3. The second-order valence-electron chi connectivity index (χ2n) is 5.57. The van der Waals surface area contributed by atoms with E-state index in [1.807, 2.05) is 17.6 Å². The number of rotatable bonds is 3. The molecule has 0 radical (unpaired) electrons. The van der Waals surface area contributed by atoms with Crippen LogP contribution in [-0.4, -0.2) is 10.5 Å². The van der Waals surface area contributed by atoms with E-state index in [0.717, 1.165) is 16.6 Å². The molecule has 0 saturated carbocycles. The van der Waals surface area contributed by atoms with Crippen molar-refractivity contribution in [1.82, 2.24) is 4.57 Å². The Morgan fingerprint density at radius 3 is 2.79 bits per heavy atom. The third-order valence-corrected chi connectivity index (χ3v) is 4.91. The minimum Gasteiger partial charge on any atom is -0.466 e. The number of aryl methyl sites for hydroxylation is 3. The number of hydrogen-bond acceptors (Lipinski definition) is 3. The van der Waals surface area contributed by atoms with Gasteiger partial charge in [0.05, 0.1) is 22.3 Å². The zero-order valence-electron chi connectivity index (χ0n) is 13.9. The molecule has 0 atom stereocenters. The van der Waals surface area contributed by atoms with Gasteiger partial charge < -0.3 is 8.98 Å². The van der Waals surface area contributed by atoms with Crippen LogP contribution in [0.3, 0.4) is 0 Å². The Morgan fingerprint density at radius 2 is 2.17 bits per heavy atom. The van der Waals surface area contributed by atoms with E-state index in [9.17, 15) is 4.79 Å². The van der Waals surface area contributed by atoms with Crippen LogP contribution in [0.5, 0.6) is 0 Å². The molecule has 0 aliphatic heterocycles. The monoisotopic (exact) mass is 338 g/mol. The predicted octanol–water partition coefficient (Wildman–Crippen LogP) is 3.85. The van der Waals surface area contributed by atoms with Crippen LogP contribution in [0.15, 0.2) is 33.7 Å². The van der Waals surface area contributed by atoms with Gasteiger partial charge in [-0.2, -0.15) is 4.99 Å². The van der Waals surface area contributed by atoms with Crippen LogP contribution < -0.4 is 4.80 Å². The normalized spacial score (nSPS) is 11.8. The van der Waals surface area contributed by atoms with Gasteiger partial charge in [-0.25, -0.2) is 0 Å². The van der Waals surface area contributed by atoms with Crippen LogP contribution in [0, 0.1) is 26.2 Å². The first-order valence-electron chi connectivity index (χ1n) is 7.75. The number of carbonyl (C=O) groups excluding carboxylic acids is 1. The van der Waals surface area contributed by atoms with Gasteiger partial charge in [0.1, 0.15) is 11.5 Å². The van der Waals surface area contributed by atoms with Gasteiger partial charge in [-0.1, -0.05) is 30.2 Å². The SMILES string of the molecule is C#CCn1c(=NC(=O)c2cc(C)oc2C)sc2cc(CC)ccc21. The summed E-state index contributed by atoms with van der Waals surface area (Å²) in [7, 11) is 0. The molecule has 1 amide bonds.